The number of benzene rings is 1. The quantitative estimate of drug-likeness (QED) is 0.870. The summed E-state index contributed by atoms with van der Waals surface area (Å²) in [7, 11) is 1.89. The average Bonchev–Trinajstić information content (AvgIpc) is 3.23. The second kappa shape index (κ2) is 7.87. The smallest absolute Gasteiger partial charge is 0.242 e. The van der Waals surface area contributed by atoms with Gasteiger partial charge in [-0.3, -0.25) is 15.1 Å². The molecule has 2 saturated heterocycles. The molecule has 0 radical (unpaired) electrons. The molecule has 4 rings (SSSR count). The molecule has 1 aromatic heterocycles. The van der Waals surface area contributed by atoms with Crippen molar-refractivity contribution in [1.29, 1.82) is 0 Å². The van der Waals surface area contributed by atoms with Crippen molar-refractivity contribution in [1.82, 2.24) is 15.2 Å². The topological polar surface area (TPSA) is 54.5 Å². The minimum absolute atomic E-state index is 0. The Balaban J connectivity index is 0.00000210. The van der Waals surface area contributed by atoms with Gasteiger partial charge in [0, 0.05) is 19.8 Å². The highest BCUT2D eigenvalue weighted by molar-refractivity contribution is 5.88. The normalized spacial score (nSPS) is 24.3. The lowest BCUT2D eigenvalue weighted by molar-refractivity contribution is -0.131. The van der Waals surface area contributed by atoms with E-state index in [1.165, 1.54) is 0 Å². The van der Waals surface area contributed by atoms with Gasteiger partial charge in [0.1, 0.15) is 11.3 Å². The summed E-state index contributed by atoms with van der Waals surface area (Å²) in [5, 5.41) is 3.59. The highest BCUT2D eigenvalue weighted by Gasteiger charge is 2.50. The van der Waals surface area contributed by atoms with Gasteiger partial charge in [-0.25, -0.2) is 0 Å². The number of carbonyl (C=O) groups is 1. The summed E-state index contributed by atoms with van der Waals surface area (Å²) in [4.78, 5) is 18.9. The van der Waals surface area contributed by atoms with Crippen LogP contribution >= 0.6 is 12.4 Å². The second-order valence-corrected chi connectivity index (χ2v) is 7.22. The molecule has 3 heterocycles. The number of halogens is 1. The Morgan fingerprint density at radius 3 is 2.67 bits per heavy atom. The molecular weight excluding hydrogens is 362 g/mol. The first-order valence-electron chi connectivity index (χ1n) is 9.34. The Morgan fingerprint density at radius 1 is 1.22 bits per heavy atom. The van der Waals surface area contributed by atoms with E-state index in [9.17, 15) is 4.79 Å². The van der Waals surface area contributed by atoms with E-state index in [0.29, 0.717) is 6.61 Å². The predicted molar refractivity (Wildman–Crippen MR) is 108 cm³/mol. The van der Waals surface area contributed by atoms with Crippen molar-refractivity contribution in [3.05, 3.63) is 48.3 Å². The third-order valence-electron chi connectivity index (χ3n) is 5.58. The van der Waals surface area contributed by atoms with Crippen LogP contribution in [0.5, 0.6) is 5.75 Å². The molecule has 2 aliphatic heterocycles. The standard InChI is InChI=1S/C21H25N3O2.ClH/c1-3-26-17-6-4-15(5-7-17)16-9-12-22-19(14-16)18-8-10-21(23-18)11-13-24(2)20(21)25;/h4-7,9,12,14,18,23H,3,8,10-11,13H2,1-2H3;1H/t18-,21-;/m1./s1. The van der Waals surface area contributed by atoms with Crippen molar-refractivity contribution in [3.8, 4) is 16.9 Å². The van der Waals surface area contributed by atoms with Crippen LogP contribution in [0.15, 0.2) is 42.6 Å². The van der Waals surface area contributed by atoms with Gasteiger partial charge < -0.3 is 9.64 Å². The van der Waals surface area contributed by atoms with Gasteiger partial charge in [0.05, 0.1) is 18.3 Å². The predicted octanol–water partition coefficient (Wildman–Crippen LogP) is 3.59. The van der Waals surface area contributed by atoms with Crippen LogP contribution in [0, 0.1) is 0 Å². The van der Waals surface area contributed by atoms with Gasteiger partial charge in [-0.2, -0.15) is 0 Å². The summed E-state index contributed by atoms with van der Waals surface area (Å²) >= 11 is 0. The number of carbonyl (C=O) groups excluding carboxylic acids is 1. The van der Waals surface area contributed by atoms with E-state index < -0.39 is 0 Å². The number of aromatic nitrogens is 1. The van der Waals surface area contributed by atoms with Crippen LogP contribution in [0.4, 0.5) is 0 Å². The number of amides is 1. The first-order valence-corrected chi connectivity index (χ1v) is 9.34. The van der Waals surface area contributed by atoms with Crippen LogP contribution in [-0.4, -0.2) is 41.5 Å². The van der Waals surface area contributed by atoms with Crippen molar-refractivity contribution in [2.75, 3.05) is 20.2 Å². The van der Waals surface area contributed by atoms with Crippen molar-refractivity contribution < 1.29 is 9.53 Å². The molecule has 1 N–H and O–H groups in total. The first-order chi connectivity index (χ1) is 12.6. The maximum absolute atomic E-state index is 12.5. The Labute approximate surface area is 166 Å². The van der Waals surface area contributed by atoms with E-state index in [0.717, 1.165) is 48.4 Å². The molecule has 6 heteroatoms. The lowest BCUT2D eigenvalue weighted by Crippen LogP contribution is -2.47. The van der Waals surface area contributed by atoms with Gasteiger partial charge >= 0.3 is 0 Å². The highest BCUT2D eigenvalue weighted by Crippen LogP contribution is 2.39. The molecule has 2 atom stereocenters. The zero-order chi connectivity index (χ0) is 18.1. The maximum Gasteiger partial charge on any atom is 0.242 e. The summed E-state index contributed by atoms with van der Waals surface area (Å²) in [6, 6.07) is 12.4. The zero-order valence-corrected chi connectivity index (χ0v) is 16.6. The average molecular weight is 388 g/mol. The molecule has 0 unspecified atom stereocenters. The molecule has 1 amide bonds. The van der Waals surface area contributed by atoms with E-state index in [-0.39, 0.29) is 29.9 Å². The number of pyridine rings is 1. The largest absolute Gasteiger partial charge is 0.494 e. The fourth-order valence-electron chi connectivity index (χ4n) is 4.12. The van der Waals surface area contributed by atoms with Gasteiger partial charge in [0.25, 0.3) is 0 Å². The van der Waals surface area contributed by atoms with Crippen molar-refractivity contribution in [2.45, 2.75) is 37.8 Å². The molecule has 2 aliphatic rings. The summed E-state index contributed by atoms with van der Waals surface area (Å²) in [6.07, 6.45) is 4.57. The Hall–Kier alpha value is -2.11. The number of nitrogens with zero attached hydrogens (tertiary/aromatic N) is 2. The minimum atomic E-state index is -0.379. The molecule has 144 valence electrons. The highest BCUT2D eigenvalue weighted by atomic mass is 35.5. The molecule has 0 aliphatic carbocycles. The van der Waals surface area contributed by atoms with E-state index in [1.807, 2.05) is 43.3 Å². The van der Waals surface area contributed by atoms with Crippen molar-refractivity contribution >= 4 is 18.3 Å². The molecule has 2 fully saturated rings. The van der Waals surface area contributed by atoms with Crippen LogP contribution in [0.25, 0.3) is 11.1 Å². The zero-order valence-electron chi connectivity index (χ0n) is 15.8. The van der Waals surface area contributed by atoms with E-state index in [1.54, 1.807) is 0 Å². The van der Waals surface area contributed by atoms with Crippen LogP contribution in [0.1, 0.15) is 37.9 Å². The molecular formula is C21H26ClN3O2. The molecule has 1 spiro atoms. The third-order valence-corrected chi connectivity index (χ3v) is 5.58. The van der Waals surface area contributed by atoms with Crippen molar-refractivity contribution in [2.24, 2.45) is 0 Å². The fraction of sp³-hybridized carbons (Fsp3) is 0.429. The fourth-order valence-corrected chi connectivity index (χ4v) is 4.12. The third kappa shape index (κ3) is 3.66. The molecule has 27 heavy (non-hydrogen) atoms. The lowest BCUT2D eigenvalue weighted by atomic mass is 9.96. The summed E-state index contributed by atoms with van der Waals surface area (Å²) in [5.74, 6) is 1.11. The second-order valence-electron chi connectivity index (χ2n) is 7.22. The van der Waals surface area contributed by atoms with Crippen LogP contribution in [0.2, 0.25) is 0 Å². The van der Waals surface area contributed by atoms with E-state index >= 15 is 0 Å². The summed E-state index contributed by atoms with van der Waals surface area (Å²) in [6.45, 7) is 3.48. The van der Waals surface area contributed by atoms with E-state index in [4.69, 9.17) is 4.74 Å². The number of hydrogen-bond acceptors (Lipinski definition) is 4. The number of likely N-dealkylation sites (tertiary alicyclic amines) is 1. The number of likely N-dealkylation sites (N-methyl/N-ethyl adjacent to an activating group) is 1. The van der Waals surface area contributed by atoms with Gasteiger partial charge in [-0.15, -0.1) is 12.4 Å². The Morgan fingerprint density at radius 2 is 2.00 bits per heavy atom. The molecule has 1 aromatic carbocycles. The number of rotatable bonds is 4. The minimum Gasteiger partial charge on any atom is -0.494 e. The molecule has 5 nitrogen and oxygen atoms in total. The maximum atomic E-state index is 12.5. The van der Waals surface area contributed by atoms with Crippen LogP contribution < -0.4 is 10.1 Å². The molecule has 0 saturated carbocycles. The Kier molecular flexibility index (Phi) is 5.72. The first kappa shape index (κ1) is 19.6. The molecule has 0 bridgehead atoms. The monoisotopic (exact) mass is 387 g/mol. The number of hydrogen-bond donors (Lipinski definition) is 1. The SMILES string of the molecule is CCOc1ccc(-c2ccnc([C@H]3CC[C@]4(CCN(C)C4=O)N3)c2)cc1.Cl. The Bertz CT molecular complexity index is 811. The van der Waals surface area contributed by atoms with Crippen LogP contribution in [0.3, 0.4) is 0 Å². The van der Waals surface area contributed by atoms with Gasteiger partial charge in [-0.05, 0) is 61.6 Å². The summed E-state index contributed by atoms with van der Waals surface area (Å²) in [5.41, 5.74) is 2.91. The number of nitrogens with one attached hydrogen (secondary N) is 1. The number of ether oxygens (including phenoxy) is 1. The van der Waals surface area contributed by atoms with Gasteiger partial charge in [0.2, 0.25) is 5.91 Å². The van der Waals surface area contributed by atoms with Gasteiger partial charge in [0.15, 0.2) is 0 Å². The van der Waals surface area contributed by atoms with Gasteiger partial charge in [-0.1, -0.05) is 12.1 Å². The molecule has 2 aromatic rings. The summed E-state index contributed by atoms with van der Waals surface area (Å²) < 4.78 is 5.52. The van der Waals surface area contributed by atoms with Crippen molar-refractivity contribution in [3.63, 3.8) is 0 Å². The van der Waals surface area contributed by atoms with Crippen LogP contribution in [-0.2, 0) is 4.79 Å². The van der Waals surface area contributed by atoms with E-state index in [2.05, 4.69) is 28.5 Å². The lowest BCUT2D eigenvalue weighted by Gasteiger charge is -2.23.